The lowest BCUT2D eigenvalue weighted by Gasteiger charge is -2.43. The average Bonchev–Trinajstić information content (AvgIpc) is 3.40. The van der Waals surface area contributed by atoms with E-state index in [1.54, 1.807) is 28.4 Å². The summed E-state index contributed by atoms with van der Waals surface area (Å²) in [5.74, 6) is 1.82. The fraction of sp³-hybridized carbons (Fsp3) is 0.688. The molecule has 0 bridgehead atoms. The molecule has 0 saturated carbocycles. The zero-order chi connectivity index (χ0) is 57.9. The molecule has 11 nitrogen and oxygen atoms in total. The Morgan fingerprint density at radius 1 is 0.610 bits per heavy atom. The molecule has 2 aromatic rings. The first-order valence-corrected chi connectivity index (χ1v) is 34.2. The molecule has 0 aliphatic heterocycles. The van der Waals surface area contributed by atoms with E-state index in [1.165, 1.54) is 5.57 Å². The summed E-state index contributed by atoms with van der Waals surface area (Å²) in [6.45, 7) is 41.2. The molecule has 0 aliphatic rings. The Morgan fingerprint density at radius 2 is 1.10 bits per heavy atom. The molecular formula is C64H110O11Si2. The van der Waals surface area contributed by atoms with Gasteiger partial charge in [-0.05, 0) is 96.8 Å². The quantitative estimate of drug-likeness (QED) is 0.0298. The third kappa shape index (κ3) is 23.2. The number of methoxy groups -OCH3 is 4. The Morgan fingerprint density at radius 3 is 1.56 bits per heavy atom. The van der Waals surface area contributed by atoms with E-state index in [2.05, 4.69) is 152 Å². The van der Waals surface area contributed by atoms with E-state index in [0.717, 1.165) is 47.2 Å². The van der Waals surface area contributed by atoms with Gasteiger partial charge >= 0.3 is 0 Å². The van der Waals surface area contributed by atoms with Crippen LogP contribution in [0.1, 0.15) is 121 Å². The fourth-order valence-corrected chi connectivity index (χ4v) is 14.9. The van der Waals surface area contributed by atoms with Crippen LogP contribution in [0.4, 0.5) is 0 Å². The van der Waals surface area contributed by atoms with Crippen molar-refractivity contribution in [1.82, 2.24) is 0 Å². The molecule has 0 unspecified atom stereocenters. The highest BCUT2D eigenvalue weighted by molar-refractivity contribution is 6.74. The molecule has 0 fully saturated rings. The predicted octanol–water partition coefficient (Wildman–Crippen LogP) is 15.4. The summed E-state index contributed by atoms with van der Waals surface area (Å²) in [5.41, 5.74) is 3.41. The van der Waals surface area contributed by atoms with Gasteiger partial charge in [0, 0.05) is 56.8 Å². The van der Waals surface area contributed by atoms with Crippen molar-refractivity contribution in [3.05, 3.63) is 108 Å². The van der Waals surface area contributed by atoms with E-state index >= 15 is 0 Å². The second-order valence-electron chi connectivity index (χ2n) is 23.5. The van der Waals surface area contributed by atoms with Gasteiger partial charge in [-0.2, -0.15) is 0 Å². The van der Waals surface area contributed by atoms with Crippen molar-refractivity contribution in [1.29, 1.82) is 0 Å². The summed E-state index contributed by atoms with van der Waals surface area (Å²) in [4.78, 5) is 0. The molecule has 13 atom stereocenters. The summed E-state index contributed by atoms with van der Waals surface area (Å²) in [6.07, 6.45) is 13.1. The topological polar surface area (TPSA) is 113 Å². The molecule has 440 valence electrons. The van der Waals surface area contributed by atoms with Crippen molar-refractivity contribution in [3.63, 3.8) is 0 Å². The van der Waals surface area contributed by atoms with Crippen molar-refractivity contribution < 1.29 is 51.9 Å². The zero-order valence-electron chi connectivity index (χ0n) is 51.9. The number of aliphatic hydroxyl groups excluding tert-OH is 1. The van der Waals surface area contributed by atoms with Gasteiger partial charge in [0.25, 0.3) is 0 Å². The van der Waals surface area contributed by atoms with Gasteiger partial charge in [-0.15, -0.1) is 0 Å². The van der Waals surface area contributed by atoms with Crippen LogP contribution < -0.4 is 9.47 Å². The van der Waals surface area contributed by atoms with Crippen molar-refractivity contribution in [2.45, 2.75) is 196 Å². The molecule has 0 radical (unpaired) electrons. The summed E-state index contributed by atoms with van der Waals surface area (Å²) < 4.78 is 63.6. The minimum atomic E-state index is -2.31. The van der Waals surface area contributed by atoms with Crippen molar-refractivity contribution in [2.24, 2.45) is 41.4 Å². The smallest absolute Gasteiger partial charge is 0.192 e. The molecule has 0 aromatic heterocycles. The summed E-state index contributed by atoms with van der Waals surface area (Å²) >= 11 is 0. The van der Waals surface area contributed by atoms with Gasteiger partial charge in [0.15, 0.2) is 16.6 Å². The van der Waals surface area contributed by atoms with E-state index in [4.69, 9.17) is 46.7 Å². The molecule has 77 heavy (non-hydrogen) atoms. The van der Waals surface area contributed by atoms with E-state index in [0.29, 0.717) is 19.6 Å². The molecule has 0 spiro atoms. The van der Waals surface area contributed by atoms with Gasteiger partial charge in [-0.3, -0.25) is 0 Å². The molecule has 1 N–H and O–H groups in total. The van der Waals surface area contributed by atoms with Crippen LogP contribution in [0.25, 0.3) is 0 Å². The first kappa shape index (κ1) is 70.2. The van der Waals surface area contributed by atoms with Gasteiger partial charge < -0.3 is 51.9 Å². The number of hydrogen-bond donors (Lipinski definition) is 1. The second-order valence-corrected chi connectivity index (χ2v) is 33.0. The van der Waals surface area contributed by atoms with Crippen LogP contribution in [-0.4, -0.2) is 107 Å². The first-order chi connectivity index (χ1) is 36.4. The Hall–Kier alpha value is -2.93. The molecule has 2 aromatic carbocycles. The number of allylic oxidation sites excluding steroid dienone is 3. The van der Waals surface area contributed by atoms with Crippen LogP contribution in [0.5, 0.6) is 11.5 Å². The molecule has 13 heteroatoms. The van der Waals surface area contributed by atoms with E-state index < -0.39 is 16.6 Å². The number of hydrogen-bond acceptors (Lipinski definition) is 11. The molecular weight excluding hydrogens is 1000 g/mol. The Bertz CT molecular complexity index is 1970. The largest absolute Gasteiger partial charge is 0.497 e. The summed E-state index contributed by atoms with van der Waals surface area (Å²) in [6, 6.07) is 19.3. The Kier molecular flexibility index (Phi) is 32.6. The average molecular weight is 1110 g/mol. The minimum absolute atomic E-state index is 0.0146. The maximum Gasteiger partial charge on any atom is 0.192 e. The van der Waals surface area contributed by atoms with Crippen molar-refractivity contribution in [3.8, 4) is 11.5 Å². The number of rotatable bonds is 40. The summed E-state index contributed by atoms with van der Waals surface area (Å²) in [7, 11) is 2.37. The predicted molar refractivity (Wildman–Crippen MR) is 323 cm³/mol. The maximum absolute atomic E-state index is 10.6. The first-order valence-electron chi connectivity index (χ1n) is 28.8. The van der Waals surface area contributed by atoms with E-state index in [1.807, 2.05) is 49.4 Å². The molecule has 0 aliphatic carbocycles. The highest BCUT2D eigenvalue weighted by Crippen LogP contribution is 2.41. The fourth-order valence-electron chi connectivity index (χ4n) is 10.4. The third-order valence-corrected chi connectivity index (χ3v) is 25.6. The third-order valence-electron chi connectivity index (χ3n) is 16.5. The van der Waals surface area contributed by atoms with Gasteiger partial charge in [0.2, 0.25) is 0 Å². The van der Waals surface area contributed by atoms with Crippen LogP contribution in [0.15, 0.2) is 97.1 Å². The van der Waals surface area contributed by atoms with Gasteiger partial charge in [-0.25, -0.2) is 0 Å². The Balaban J connectivity index is 2.57. The summed E-state index contributed by atoms with van der Waals surface area (Å²) in [5, 5.41) is 10.5. The minimum Gasteiger partial charge on any atom is -0.497 e. The van der Waals surface area contributed by atoms with Crippen LogP contribution in [0.3, 0.4) is 0 Å². The van der Waals surface area contributed by atoms with Gasteiger partial charge in [-0.1, -0.05) is 163 Å². The molecule has 0 heterocycles. The zero-order valence-corrected chi connectivity index (χ0v) is 53.9. The lowest BCUT2D eigenvalue weighted by molar-refractivity contribution is -0.0974. The van der Waals surface area contributed by atoms with Crippen LogP contribution in [0.2, 0.25) is 36.3 Å². The number of benzene rings is 2. The molecule has 0 saturated heterocycles. The SMILES string of the molecule is C=C/C=C\[C@H](C)[C@H](O[Si](CC)(CC)CC)[C@@H](C)[C@H](OCc1ccc(OC)cc1)[C@@H](C)C/C(C)=C\[C@H](C)[C@@H](OCOC)[C@@H](C)/C=C\[C@H](C[C@H](O[Si](C)(C)C(C)(C)C)[C@H](C)[C@H](OCc1ccc(OC)cc1)[C@@H](C)CO)OCOC. The maximum atomic E-state index is 10.6. The standard InChI is InChI=1S/C64H110O11Si2/c1-22-26-27-47(6)63(75-77(23-2,24-3)25-4)53(12)61(70-42-54-29-34-56(68-18)35-30-54)50(9)39-46(5)38-49(8)60(73-45-67-17)48(7)28-33-58(72-44-66-16)40-59(74-76(20,21)64(13,14)15)52(11)62(51(10)41-65)71-43-55-31-36-57(69-19)37-32-55/h22,26-38,47-53,58-63,65H,1,23-25,39-45H2,2-21H3/b27-26-,33-28-,46-38-/t47-,48-,49-,50-,51-,52-,53-,58+,59-,60-,61+,62+,63-/m0/s1. The lowest BCUT2D eigenvalue weighted by Crippen LogP contribution is -2.49. The molecule has 0 amide bonds. The van der Waals surface area contributed by atoms with Gasteiger partial charge in [0.1, 0.15) is 25.1 Å². The van der Waals surface area contributed by atoms with E-state index in [9.17, 15) is 5.11 Å². The number of ether oxygens (including phenoxy) is 8. The molecule has 2 rings (SSSR count). The highest BCUT2D eigenvalue weighted by atomic mass is 28.4. The van der Waals surface area contributed by atoms with Crippen LogP contribution in [0, 0.1) is 41.4 Å². The second kappa shape index (κ2) is 35.7. The van der Waals surface area contributed by atoms with Crippen LogP contribution in [-0.2, 0) is 50.5 Å². The highest BCUT2D eigenvalue weighted by Gasteiger charge is 2.43. The van der Waals surface area contributed by atoms with Crippen molar-refractivity contribution >= 4 is 16.6 Å². The van der Waals surface area contributed by atoms with E-state index in [-0.39, 0.29) is 103 Å². The Labute approximate surface area is 472 Å². The van der Waals surface area contributed by atoms with Crippen LogP contribution >= 0.6 is 0 Å². The number of aliphatic hydroxyl groups is 1. The van der Waals surface area contributed by atoms with Gasteiger partial charge in [0.05, 0.1) is 64.1 Å². The monoisotopic (exact) mass is 1110 g/mol. The lowest BCUT2D eigenvalue weighted by atomic mass is 9.81. The van der Waals surface area contributed by atoms with Crippen molar-refractivity contribution in [2.75, 3.05) is 48.6 Å². The normalized spacial score (nSPS) is 18.2.